The minimum atomic E-state index is -1.13. The van der Waals surface area contributed by atoms with Crippen molar-refractivity contribution < 1.29 is 24.3 Å². The number of carboxylic acid groups (broad SMARTS) is 1. The van der Waals surface area contributed by atoms with E-state index in [9.17, 15) is 24.3 Å². The maximum Gasteiger partial charge on any atom is 0.326 e. The summed E-state index contributed by atoms with van der Waals surface area (Å²) in [4.78, 5) is 48.6. The van der Waals surface area contributed by atoms with Crippen molar-refractivity contribution in [2.75, 3.05) is 37.1 Å². The Hall–Kier alpha value is -1.50. The van der Waals surface area contributed by atoms with Gasteiger partial charge in [0.25, 0.3) is 0 Å². The Balaban J connectivity index is 5.25. The molecule has 0 radical (unpaired) electrons. The van der Waals surface area contributed by atoms with E-state index in [1.165, 1.54) is 23.5 Å². The molecular formula is C18H35N5O5S2. The third-order valence-electron chi connectivity index (χ3n) is 4.25. The maximum absolute atomic E-state index is 12.7. The predicted molar refractivity (Wildman–Crippen MR) is 121 cm³/mol. The van der Waals surface area contributed by atoms with E-state index in [4.69, 9.17) is 11.5 Å². The fourth-order valence-corrected chi connectivity index (χ4v) is 3.50. The molecule has 0 aliphatic rings. The van der Waals surface area contributed by atoms with Gasteiger partial charge in [0.05, 0.1) is 6.54 Å². The van der Waals surface area contributed by atoms with Gasteiger partial charge in [-0.3, -0.25) is 14.4 Å². The molecule has 174 valence electrons. The van der Waals surface area contributed by atoms with E-state index in [1.807, 2.05) is 12.5 Å². The van der Waals surface area contributed by atoms with Gasteiger partial charge in [-0.1, -0.05) is 0 Å². The van der Waals surface area contributed by atoms with E-state index in [2.05, 4.69) is 16.0 Å². The molecular weight excluding hydrogens is 430 g/mol. The standard InChI is InChI=1S/C18H35N5O5S2/c1-29-9-6-13(21-15(24)11-20)17(26)22-12(5-3-4-8-19)16(25)23-14(18(27)28)7-10-30-2/h12-14H,3-11,19-20H2,1-2H3,(H,21,24)(H,22,26)(H,23,25)(H,27,28). The first-order valence-corrected chi connectivity index (χ1v) is 12.6. The van der Waals surface area contributed by atoms with E-state index in [0.29, 0.717) is 43.7 Å². The fourth-order valence-electron chi connectivity index (χ4n) is 2.56. The van der Waals surface area contributed by atoms with Crippen LogP contribution < -0.4 is 27.4 Å². The van der Waals surface area contributed by atoms with Gasteiger partial charge in [0.2, 0.25) is 17.7 Å². The summed E-state index contributed by atoms with van der Waals surface area (Å²) in [5.41, 5.74) is 10.8. The number of rotatable bonds is 17. The van der Waals surface area contributed by atoms with Crippen LogP contribution in [0.1, 0.15) is 32.1 Å². The largest absolute Gasteiger partial charge is 0.480 e. The van der Waals surface area contributed by atoms with Crippen molar-refractivity contribution in [2.45, 2.75) is 50.2 Å². The van der Waals surface area contributed by atoms with Crippen LogP contribution in [0.25, 0.3) is 0 Å². The number of carbonyl (C=O) groups excluding carboxylic acids is 3. The molecule has 3 atom stereocenters. The van der Waals surface area contributed by atoms with Crippen molar-refractivity contribution >= 4 is 47.2 Å². The molecule has 30 heavy (non-hydrogen) atoms. The van der Waals surface area contributed by atoms with Crippen LogP contribution in [0.4, 0.5) is 0 Å². The summed E-state index contributed by atoms with van der Waals surface area (Å²) in [5, 5.41) is 17.1. The molecule has 0 saturated carbocycles. The Morgan fingerprint density at radius 3 is 1.77 bits per heavy atom. The van der Waals surface area contributed by atoms with Gasteiger partial charge in [-0.05, 0) is 62.7 Å². The number of nitrogens with two attached hydrogens (primary N) is 2. The van der Waals surface area contributed by atoms with Crippen LogP contribution in [-0.2, 0) is 19.2 Å². The lowest BCUT2D eigenvalue weighted by atomic mass is 10.1. The molecule has 0 fully saturated rings. The van der Waals surface area contributed by atoms with Gasteiger partial charge >= 0.3 is 5.97 Å². The Kier molecular flexibility index (Phi) is 16.3. The zero-order valence-electron chi connectivity index (χ0n) is 17.6. The normalized spacial score (nSPS) is 13.7. The first-order chi connectivity index (χ1) is 14.3. The molecule has 0 aromatic rings. The van der Waals surface area contributed by atoms with Crippen LogP contribution in [0.15, 0.2) is 0 Å². The van der Waals surface area contributed by atoms with Crippen molar-refractivity contribution in [3.05, 3.63) is 0 Å². The number of aliphatic carboxylic acids is 1. The molecule has 0 saturated heterocycles. The Morgan fingerprint density at radius 1 is 0.800 bits per heavy atom. The number of hydrogen-bond acceptors (Lipinski definition) is 8. The second-order valence-electron chi connectivity index (χ2n) is 6.63. The lowest BCUT2D eigenvalue weighted by Crippen LogP contribution is -2.56. The minimum absolute atomic E-state index is 0.251. The maximum atomic E-state index is 12.7. The molecule has 0 bridgehead atoms. The van der Waals surface area contributed by atoms with E-state index >= 15 is 0 Å². The number of carbonyl (C=O) groups is 4. The summed E-state index contributed by atoms with van der Waals surface area (Å²) >= 11 is 3.00. The highest BCUT2D eigenvalue weighted by molar-refractivity contribution is 7.98. The number of nitrogens with one attached hydrogen (secondary N) is 3. The summed E-state index contributed by atoms with van der Waals surface area (Å²) < 4.78 is 0. The summed E-state index contributed by atoms with van der Waals surface area (Å²) in [7, 11) is 0. The van der Waals surface area contributed by atoms with Crippen LogP contribution in [0.5, 0.6) is 0 Å². The number of hydrogen-bond donors (Lipinski definition) is 6. The molecule has 12 heteroatoms. The summed E-state index contributed by atoms with van der Waals surface area (Å²) in [6, 6.07) is -2.79. The van der Waals surface area contributed by atoms with Crippen LogP contribution in [0.3, 0.4) is 0 Å². The Labute approximate surface area is 186 Å². The Bertz CT molecular complexity index is 553. The molecule has 0 aliphatic carbocycles. The summed E-state index contributed by atoms with van der Waals surface area (Å²) in [5.74, 6) is -1.47. The van der Waals surface area contributed by atoms with Crippen LogP contribution >= 0.6 is 23.5 Å². The van der Waals surface area contributed by atoms with Gasteiger partial charge in [-0.15, -0.1) is 0 Å². The number of unbranched alkanes of at least 4 members (excludes halogenated alkanes) is 1. The molecule has 0 aromatic heterocycles. The quantitative estimate of drug-likeness (QED) is 0.149. The van der Waals surface area contributed by atoms with Crippen molar-refractivity contribution in [3.63, 3.8) is 0 Å². The average molecular weight is 466 g/mol. The first kappa shape index (κ1) is 28.5. The molecule has 3 unspecified atom stereocenters. The van der Waals surface area contributed by atoms with E-state index in [1.54, 1.807) is 0 Å². The van der Waals surface area contributed by atoms with Gasteiger partial charge in [-0.2, -0.15) is 23.5 Å². The van der Waals surface area contributed by atoms with Gasteiger partial charge in [0, 0.05) is 0 Å². The van der Waals surface area contributed by atoms with Crippen molar-refractivity contribution in [1.82, 2.24) is 16.0 Å². The van der Waals surface area contributed by atoms with Crippen molar-refractivity contribution in [3.8, 4) is 0 Å². The number of thioether (sulfide) groups is 2. The molecule has 0 spiro atoms. The van der Waals surface area contributed by atoms with Gasteiger partial charge < -0.3 is 32.5 Å². The number of amides is 3. The lowest BCUT2D eigenvalue weighted by Gasteiger charge is -2.24. The second kappa shape index (κ2) is 17.2. The molecule has 0 aromatic carbocycles. The first-order valence-electron chi connectivity index (χ1n) is 9.81. The molecule has 3 amide bonds. The zero-order valence-corrected chi connectivity index (χ0v) is 19.3. The highest BCUT2D eigenvalue weighted by Gasteiger charge is 2.28. The number of carboxylic acids is 1. The van der Waals surface area contributed by atoms with Gasteiger partial charge in [0.15, 0.2) is 0 Å². The summed E-state index contributed by atoms with van der Waals surface area (Å²) in [6.45, 7) is 0.190. The van der Waals surface area contributed by atoms with Gasteiger partial charge in [-0.25, -0.2) is 4.79 Å². The molecule has 0 aliphatic heterocycles. The van der Waals surface area contributed by atoms with Crippen LogP contribution in [0, 0.1) is 0 Å². The molecule has 0 heterocycles. The van der Waals surface area contributed by atoms with Crippen LogP contribution in [0.2, 0.25) is 0 Å². The average Bonchev–Trinajstić information content (AvgIpc) is 2.72. The van der Waals surface area contributed by atoms with Gasteiger partial charge in [0.1, 0.15) is 18.1 Å². The smallest absolute Gasteiger partial charge is 0.326 e. The highest BCUT2D eigenvalue weighted by atomic mass is 32.2. The topological polar surface area (TPSA) is 177 Å². The zero-order chi connectivity index (χ0) is 22.9. The van der Waals surface area contributed by atoms with E-state index < -0.39 is 41.8 Å². The van der Waals surface area contributed by atoms with Crippen LogP contribution in [-0.4, -0.2) is 84.0 Å². The fraction of sp³-hybridized carbons (Fsp3) is 0.778. The molecule has 8 N–H and O–H groups in total. The predicted octanol–water partition coefficient (Wildman–Crippen LogP) is -0.881. The third-order valence-corrected chi connectivity index (χ3v) is 5.54. The Morgan fingerprint density at radius 2 is 1.30 bits per heavy atom. The second-order valence-corrected chi connectivity index (χ2v) is 8.60. The SMILES string of the molecule is CSCCC(NC(=O)C(CCCCN)NC(=O)C(CCSC)NC(=O)CN)C(=O)O. The van der Waals surface area contributed by atoms with E-state index in [0.717, 1.165) is 0 Å². The summed E-state index contributed by atoms with van der Waals surface area (Å²) in [6.07, 6.45) is 5.93. The molecule has 10 nitrogen and oxygen atoms in total. The lowest BCUT2D eigenvalue weighted by molar-refractivity contribution is -0.142. The van der Waals surface area contributed by atoms with Crippen molar-refractivity contribution in [2.24, 2.45) is 11.5 Å². The molecule has 0 rings (SSSR count). The highest BCUT2D eigenvalue weighted by Crippen LogP contribution is 2.07. The minimum Gasteiger partial charge on any atom is -0.480 e. The van der Waals surface area contributed by atoms with Crippen molar-refractivity contribution in [1.29, 1.82) is 0 Å². The van der Waals surface area contributed by atoms with E-state index in [-0.39, 0.29) is 13.0 Å². The third kappa shape index (κ3) is 12.3. The monoisotopic (exact) mass is 465 g/mol.